The van der Waals surface area contributed by atoms with Crippen molar-refractivity contribution < 1.29 is 19.8 Å². The maximum atomic E-state index is 11.1. The maximum Gasteiger partial charge on any atom is 0.329 e. The van der Waals surface area contributed by atoms with Crippen molar-refractivity contribution in [2.45, 2.75) is 17.7 Å². The molecule has 0 fully saturated rings. The molecule has 1 aliphatic heterocycles. The minimum Gasteiger partial charge on any atom is -0.480 e. The van der Waals surface area contributed by atoms with Gasteiger partial charge in [0.2, 0.25) is 0 Å². The van der Waals surface area contributed by atoms with Crippen LogP contribution < -0.4 is 0 Å². The van der Waals surface area contributed by atoms with Gasteiger partial charge in [0.1, 0.15) is 5.25 Å². The average Bonchev–Trinajstić information content (AvgIpc) is 2.62. The van der Waals surface area contributed by atoms with Crippen LogP contribution in [-0.4, -0.2) is 44.9 Å². The van der Waals surface area contributed by atoms with Gasteiger partial charge in [-0.05, 0) is 5.56 Å². The summed E-state index contributed by atoms with van der Waals surface area (Å²) in [5, 5.41) is 17.6. The standard InChI is InChI=1S/C13H13NO4S/c15-12(16)10-7-19-11(13(17)18)6-9(14-10)8-4-2-1-3-5-8/h1-5,10-11H,6-7H2,(H,15,16)(H,17,18)/t10-,11-/m0/s1. The van der Waals surface area contributed by atoms with E-state index in [1.165, 1.54) is 0 Å². The van der Waals surface area contributed by atoms with Crippen LogP contribution in [0, 0.1) is 0 Å². The molecule has 0 unspecified atom stereocenters. The van der Waals surface area contributed by atoms with Gasteiger partial charge >= 0.3 is 11.9 Å². The Kier molecular flexibility index (Phi) is 4.21. The van der Waals surface area contributed by atoms with E-state index in [1.54, 1.807) is 0 Å². The monoisotopic (exact) mass is 279 g/mol. The van der Waals surface area contributed by atoms with Gasteiger partial charge in [-0.2, -0.15) is 0 Å². The molecule has 1 aromatic carbocycles. The molecule has 100 valence electrons. The predicted octanol–water partition coefficient (Wildman–Crippen LogP) is 1.52. The minimum absolute atomic E-state index is 0.183. The molecule has 0 bridgehead atoms. The van der Waals surface area contributed by atoms with Crippen molar-refractivity contribution in [2.75, 3.05) is 5.75 Å². The highest BCUT2D eigenvalue weighted by Crippen LogP contribution is 2.24. The molecule has 0 amide bonds. The van der Waals surface area contributed by atoms with E-state index in [9.17, 15) is 9.59 Å². The Hall–Kier alpha value is -1.82. The van der Waals surface area contributed by atoms with E-state index in [0.717, 1.165) is 17.3 Å². The summed E-state index contributed by atoms with van der Waals surface area (Å²) in [4.78, 5) is 26.4. The summed E-state index contributed by atoms with van der Waals surface area (Å²) >= 11 is 1.13. The number of thioether (sulfide) groups is 1. The molecule has 5 nitrogen and oxygen atoms in total. The number of rotatable bonds is 3. The summed E-state index contributed by atoms with van der Waals surface area (Å²) in [6.45, 7) is 0. The SMILES string of the molecule is O=C(O)[C@@H]1CS[C@H](C(=O)O)CC(c2ccccc2)=N1. The lowest BCUT2D eigenvalue weighted by molar-refractivity contribution is -0.138. The Labute approximate surface area is 114 Å². The summed E-state index contributed by atoms with van der Waals surface area (Å²) in [6, 6.07) is 8.23. The first kappa shape index (κ1) is 13.6. The lowest BCUT2D eigenvalue weighted by atomic mass is 10.1. The fraction of sp³-hybridized carbons (Fsp3) is 0.308. The maximum absolute atomic E-state index is 11.1. The zero-order valence-corrected chi connectivity index (χ0v) is 10.8. The van der Waals surface area contributed by atoms with E-state index in [0.29, 0.717) is 5.71 Å². The van der Waals surface area contributed by atoms with Crippen molar-refractivity contribution in [1.29, 1.82) is 0 Å². The van der Waals surface area contributed by atoms with Gasteiger partial charge in [-0.3, -0.25) is 9.79 Å². The number of carboxylic acids is 2. The van der Waals surface area contributed by atoms with E-state index >= 15 is 0 Å². The van der Waals surface area contributed by atoms with Crippen LogP contribution in [0.5, 0.6) is 0 Å². The molecule has 0 saturated carbocycles. The molecule has 2 atom stereocenters. The minimum atomic E-state index is -1.02. The van der Waals surface area contributed by atoms with Gasteiger partial charge in [0.15, 0.2) is 6.04 Å². The zero-order valence-electron chi connectivity index (χ0n) is 10.0. The highest BCUT2D eigenvalue weighted by atomic mass is 32.2. The predicted molar refractivity (Wildman–Crippen MR) is 72.9 cm³/mol. The first-order valence-electron chi connectivity index (χ1n) is 5.77. The van der Waals surface area contributed by atoms with E-state index in [4.69, 9.17) is 10.2 Å². The largest absolute Gasteiger partial charge is 0.480 e. The number of aliphatic carboxylic acids is 2. The molecule has 2 rings (SSSR count). The van der Waals surface area contributed by atoms with Crippen molar-refractivity contribution in [1.82, 2.24) is 0 Å². The topological polar surface area (TPSA) is 87.0 Å². The third-order valence-electron chi connectivity index (χ3n) is 2.81. The Morgan fingerprint density at radius 2 is 1.84 bits per heavy atom. The number of hydrogen-bond donors (Lipinski definition) is 2. The van der Waals surface area contributed by atoms with Gasteiger partial charge < -0.3 is 10.2 Å². The number of benzene rings is 1. The fourth-order valence-corrected chi connectivity index (χ4v) is 2.88. The van der Waals surface area contributed by atoms with Crippen LogP contribution in [0.4, 0.5) is 0 Å². The molecule has 19 heavy (non-hydrogen) atoms. The molecule has 6 heteroatoms. The lowest BCUT2D eigenvalue weighted by Gasteiger charge is -2.09. The Morgan fingerprint density at radius 3 is 2.42 bits per heavy atom. The normalized spacial score (nSPS) is 23.3. The van der Waals surface area contributed by atoms with Gasteiger partial charge in [-0.1, -0.05) is 30.3 Å². The van der Waals surface area contributed by atoms with Crippen LogP contribution in [-0.2, 0) is 9.59 Å². The number of aliphatic imine (C=N–C) groups is 1. The second-order valence-electron chi connectivity index (χ2n) is 4.16. The van der Waals surface area contributed by atoms with Crippen LogP contribution in [0.25, 0.3) is 0 Å². The lowest BCUT2D eigenvalue weighted by Crippen LogP contribution is -2.21. The average molecular weight is 279 g/mol. The summed E-state index contributed by atoms with van der Waals surface area (Å²) in [6.07, 6.45) is 0.244. The molecule has 0 spiro atoms. The second kappa shape index (κ2) is 5.88. The van der Waals surface area contributed by atoms with Crippen LogP contribution in [0.1, 0.15) is 12.0 Å². The van der Waals surface area contributed by atoms with E-state index in [2.05, 4.69) is 4.99 Å². The number of nitrogens with zero attached hydrogens (tertiary/aromatic N) is 1. The number of carboxylic acid groups (broad SMARTS) is 2. The van der Waals surface area contributed by atoms with E-state index < -0.39 is 23.2 Å². The van der Waals surface area contributed by atoms with Crippen molar-refractivity contribution >= 4 is 29.4 Å². The molecule has 0 aromatic heterocycles. The Balaban J connectivity index is 2.34. The van der Waals surface area contributed by atoms with Crippen LogP contribution in [0.3, 0.4) is 0 Å². The second-order valence-corrected chi connectivity index (χ2v) is 5.40. The quantitative estimate of drug-likeness (QED) is 0.876. The molecule has 1 aliphatic rings. The number of hydrogen-bond acceptors (Lipinski definition) is 4. The van der Waals surface area contributed by atoms with Crippen molar-refractivity contribution in [2.24, 2.45) is 4.99 Å². The summed E-state index contributed by atoms with van der Waals surface area (Å²) < 4.78 is 0. The first-order chi connectivity index (χ1) is 9.08. The van der Waals surface area contributed by atoms with Crippen LogP contribution >= 0.6 is 11.8 Å². The molecule has 0 aliphatic carbocycles. The smallest absolute Gasteiger partial charge is 0.329 e. The highest BCUT2D eigenvalue weighted by molar-refractivity contribution is 8.00. The summed E-state index contributed by atoms with van der Waals surface area (Å²) in [5.41, 5.74) is 1.33. The summed E-state index contributed by atoms with van der Waals surface area (Å²) in [5.74, 6) is -1.77. The van der Waals surface area contributed by atoms with E-state index in [-0.39, 0.29) is 12.2 Å². The molecule has 1 aromatic rings. The highest BCUT2D eigenvalue weighted by Gasteiger charge is 2.29. The van der Waals surface area contributed by atoms with Gasteiger partial charge in [0.25, 0.3) is 0 Å². The molecule has 2 N–H and O–H groups in total. The van der Waals surface area contributed by atoms with Gasteiger partial charge in [-0.15, -0.1) is 11.8 Å². The molecular weight excluding hydrogens is 266 g/mol. The van der Waals surface area contributed by atoms with Crippen LogP contribution in [0.15, 0.2) is 35.3 Å². The third-order valence-corrected chi connectivity index (χ3v) is 4.09. The van der Waals surface area contributed by atoms with Gasteiger partial charge in [0, 0.05) is 17.9 Å². The number of carbonyl (C=O) groups is 2. The first-order valence-corrected chi connectivity index (χ1v) is 6.82. The zero-order chi connectivity index (χ0) is 13.8. The van der Waals surface area contributed by atoms with Crippen LogP contribution in [0.2, 0.25) is 0 Å². The van der Waals surface area contributed by atoms with Crippen molar-refractivity contribution in [3.63, 3.8) is 0 Å². The molecule has 0 saturated heterocycles. The van der Waals surface area contributed by atoms with Gasteiger partial charge in [0.05, 0.1) is 0 Å². The fourth-order valence-electron chi connectivity index (χ4n) is 1.83. The summed E-state index contributed by atoms with van der Waals surface area (Å²) in [7, 11) is 0. The van der Waals surface area contributed by atoms with Crippen molar-refractivity contribution in [3.8, 4) is 0 Å². The third kappa shape index (κ3) is 3.35. The van der Waals surface area contributed by atoms with Gasteiger partial charge in [-0.25, -0.2) is 4.79 Å². The molecule has 0 radical (unpaired) electrons. The van der Waals surface area contributed by atoms with E-state index in [1.807, 2.05) is 30.3 Å². The van der Waals surface area contributed by atoms with Crippen molar-refractivity contribution in [3.05, 3.63) is 35.9 Å². The Morgan fingerprint density at radius 1 is 1.16 bits per heavy atom. The Bertz CT molecular complexity index is 515. The molecular formula is C13H13NO4S. The molecule has 1 heterocycles.